The van der Waals surface area contributed by atoms with Crippen LogP contribution in [-0.2, 0) is 11.2 Å². The van der Waals surface area contributed by atoms with Crippen LogP contribution in [0.2, 0.25) is 0 Å². The number of carbonyl (C=O) groups excluding carboxylic acids is 2. The van der Waals surface area contributed by atoms with E-state index in [0.29, 0.717) is 11.5 Å². The van der Waals surface area contributed by atoms with Crippen LogP contribution in [0.3, 0.4) is 0 Å². The Labute approximate surface area is 133 Å². The van der Waals surface area contributed by atoms with Crippen molar-refractivity contribution in [3.63, 3.8) is 0 Å². The number of rotatable bonds is 6. The quantitative estimate of drug-likeness (QED) is 0.650. The van der Waals surface area contributed by atoms with Crippen molar-refractivity contribution in [2.45, 2.75) is 6.42 Å². The topological polar surface area (TPSA) is 87.8 Å². The van der Waals surface area contributed by atoms with Gasteiger partial charge in [-0.3, -0.25) is 9.59 Å². The smallest absolute Gasteiger partial charge is 0.315 e. The van der Waals surface area contributed by atoms with Crippen LogP contribution in [0.5, 0.6) is 17.2 Å². The zero-order valence-electron chi connectivity index (χ0n) is 12.9. The van der Waals surface area contributed by atoms with Gasteiger partial charge in [-0.2, -0.15) is 0 Å². The third-order valence-corrected chi connectivity index (χ3v) is 3.19. The highest BCUT2D eigenvalue weighted by molar-refractivity contribution is 5.96. The molecule has 0 saturated heterocycles. The second kappa shape index (κ2) is 7.31. The Hall–Kier alpha value is -3.02. The molecule has 0 aliphatic heterocycles. The molecule has 2 rings (SSSR count). The molecule has 0 atom stereocenters. The largest absolute Gasteiger partial charge is 0.497 e. The Morgan fingerprint density at radius 3 is 2.13 bits per heavy atom. The van der Waals surface area contributed by atoms with Crippen molar-refractivity contribution in [2.24, 2.45) is 5.73 Å². The van der Waals surface area contributed by atoms with E-state index in [1.807, 2.05) is 0 Å². The maximum absolute atomic E-state index is 12.1. The van der Waals surface area contributed by atoms with Gasteiger partial charge in [0.2, 0.25) is 0 Å². The minimum atomic E-state index is -0.681. The third kappa shape index (κ3) is 4.23. The number of esters is 1. The summed E-state index contributed by atoms with van der Waals surface area (Å²) < 4.78 is 15.4. The van der Waals surface area contributed by atoms with Crippen LogP contribution in [0.15, 0.2) is 42.5 Å². The fourth-order valence-corrected chi connectivity index (χ4v) is 1.99. The summed E-state index contributed by atoms with van der Waals surface area (Å²) in [5.74, 6) is 0.0503. The summed E-state index contributed by atoms with van der Waals surface area (Å²) in [5.41, 5.74) is 6.16. The number of methoxy groups -OCH3 is 2. The van der Waals surface area contributed by atoms with Crippen LogP contribution in [-0.4, -0.2) is 26.1 Å². The SMILES string of the molecule is COc1ccc(CC(=O)Oc2cc(OC)ccc2C(N)=O)cc1. The Kier molecular flexibility index (Phi) is 5.19. The van der Waals surface area contributed by atoms with E-state index >= 15 is 0 Å². The van der Waals surface area contributed by atoms with E-state index in [1.54, 1.807) is 37.4 Å². The number of hydrogen-bond donors (Lipinski definition) is 1. The number of nitrogens with two attached hydrogens (primary N) is 1. The molecule has 120 valence electrons. The van der Waals surface area contributed by atoms with Gasteiger partial charge in [0.15, 0.2) is 0 Å². The maximum Gasteiger partial charge on any atom is 0.315 e. The zero-order valence-corrected chi connectivity index (χ0v) is 12.9. The van der Waals surface area contributed by atoms with Gasteiger partial charge in [0.1, 0.15) is 17.2 Å². The molecule has 0 spiro atoms. The molecule has 0 unspecified atom stereocenters. The fraction of sp³-hybridized carbons (Fsp3) is 0.176. The van der Waals surface area contributed by atoms with Gasteiger partial charge in [-0.25, -0.2) is 0 Å². The molecular formula is C17H17NO5. The number of amides is 1. The normalized spacial score (nSPS) is 10.0. The van der Waals surface area contributed by atoms with E-state index in [2.05, 4.69) is 0 Å². The summed E-state index contributed by atoms with van der Waals surface area (Å²) in [7, 11) is 3.04. The number of benzene rings is 2. The van der Waals surface area contributed by atoms with Crippen molar-refractivity contribution in [3.05, 3.63) is 53.6 Å². The van der Waals surface area contributed by atoms with Crippen LogP contribution < -0.4 is 19.9 Å². The predicted molar refractivity (Wildman–Crippen MR) is 83.8 cm³/mol. The maximum atomic E-state index is 12.1. The summed E-state index contributed by atoms with van der Waals surface area (Å²) in [5, 5.41) is 0. The van der Waals surface area contributed by atoms with Crippen LogP contribution >= 0.6 is 0 Å². The highest BCUT2D eigenvalue weighted by Gasteiger charge is 2.15. The summed E-state index contributed by atoms with van der Waals surface area (Å²) in [6.45, 7) is 0. The molecular weight excluding hydrogens is 298 g/mol. The zero-order chi connectivity index (χ0) is 16.8. The Balaban J connectivity index is 2.13. The van der Waals surface area contributed by atoms with Crippen molar-refractivity contribution >= 4 is 11.9 Å². The third-order valence-electron chi connectivity index (χ3n) is 3.19. The molecule has 2 aromatic rings. The van der Waals surface area contributed by atoms with Crippen molar-refractivity contribution in [1.29, 1.82) is 0 Å². The first-order chi connectivity index (χ1) is 11.0. The van der Waals surface area contributed by atoms with Crippen molar-refractivity contribution < 1.29 is 23.8 Å². The van der Waals surface area contributed by atoms with Gasteiger partial charge in [0.25, 0.3) is 5.91 Å². The van der Waals surface area contributed by atoms with Gasteiger partial charge in [-0.1, -0.05) is 12.1 Å². The molecule has 0 radical (unpaired) electrons. The van der Waals surface area contributed by atoms with Gasteiger partial charge in [-0.05, 0) is 29.8 Å². The van der Waals surface area contributed by atoms with Crippen LogP contribution in [0.4, 0.5) is 0 Å². The van der Waals surface area contributed by atoms with Crippen LogP contribution in [0.1, 0.15) is 15.9 Å². The van der Waals surface area contributed by atoms with Crippen LogP contribution in [0.25, 0.3) is 0 Å². The number of carbonyl (C=O) groups is 2. The molecule has 6 heteroatoms. The molecule has 0 saturated carbocycles. The van der Waals surface area contributed by atoms with Crippen molar-refractivity contribution in [3.8, 4) is 17.2 Å². The minimum absolute atomic E-state index is 0.0550. The Morgan fingerprint density at radius 2 is 1.57 bits per heavy atom. The highest BCUT2D eigenvalue weighted by atomic mass is 16.5. The second-order valence-corrected chi connectivity index (χ2v) is 4.73. The molecule has 1 amide bonds. The Bertz CT molecular complexity index is 709. The van der Waals surface area contributed by atoms with E-state index < -0.39 is 11.9 Å². The summed E-state index contributed by atoms with van der Waals surface area (Å²) >= 11 is 0. The minimum Gasteiger partial charge on any atom is -0.497 e. The van der Waals surface area contributed by atoms with Gasteiger partial charge in [0, 0.05) is 6.07 Å². The lowest BCUT2D eigenvalue weighted by Crippen LogP contribution is -2.17. The van der Waals surface area contributed by atoms with E-state index in [0.717, 1.165) is 5.56 Å². The van der Waals surface area contributed by atoms with Crippen molar-refractivity contribution in [1.82, 2.24) is 0 Å². The summed E-state index contributed by atoms with van der Waals surface area (Å²) in [4.78, 5) is 23.5. The molecule has 0 aliphatic rings. The standard InChI is InChI=1S/C17H17NO5/c1-21-12-5-3-11(4-6-12)9-16(19)23-15-10-13(22-2)7-8-14(15)17(18)20/h3-8,10H,9H2,1-2H3,(H2,18,20). The molecule has 2 aromatic carbocycles. The first-order valence-electron chi connectivity index (χ1n) is 6.85. The second-order valence-electron chi connectivity index (χ2n) is 4.73. The number of ether oxygens (including phenoxy) is 3. The average molecular weight is 315 g/mol. The Morgan fingerprint density at radius 1 is 0.957 bits per heavy atom. The highest BCUT2D eigenvalue weighted by Crippen LogP contribution is 2.25. The lowest BCUT2D eigenvalue weighted by Gasteiger charge is -2.10. The molecule has 23 heavy (non-hydrogen) atoms. The van der Waals surface area contributed by atoms with Gasteiger partial charge < -0.3 is 19.9 Å². The molecule has 0 fully saturated rings. The summed E-state index contributed by atoms with van der Waals surface area (Å²) in [6.07, 6.45) is 0.0550. The van der Waals surface area contributed by atoms with E-state index in [1.165, 1.54) is 19.2 Å². The molecule has 0 aliphatic carbocycles. The van der Waals surface area contributed by atoms with Crippen LogP contribution in [0, 0.1) is 0 Å². The van der Waals surface area contributed by atoms with Gasteiger partial charge in [-0.15, -0.1) is 0 Å². The van der Waals surface area contributed by atoms with Crippen molar-refractivity contribution in [2.75, 3.05) is 14.2 Å². The lowest BCUT2D eigenvalue weighted by molar-refractivity contribution is -0.133. The lowest BCUT2D eigenvalue weighted by atomic mass is 10.1. The van der Waals surface area contributed by atoms with Gasteiger partial charge >= 0.3 is 5.97 Å². The van der Waals surface area contributed by atoms with Gasteiger partial charge in [0.05, 0.1) is 26.2 Å². The van der Waals surface area contributed by atoms with E-state index in [9.17, 15) is 9.59 Å². The monoisotopic (exact) mass is 315 g/mol. The predicted octanol–water partition coefficient (Wildman–Crippen LogP) is 1.95. The van der Waals surface area contributed by atoms with E-state index in [4.69, 9.17) is 19.9 Å². The first kappa shape index (κ1) is 16.4. The molecule has 6 nitrogen and oxygen atoms in total. The molecule has 2 N–H and O–H groups in total. The molecule has 0 bridgehead atoms. The fourth-order valence-electron chi connectivity index (χ4n) is 1.99. The first-order valence-corrected chi connectivity index (χ1v) is 6.85. The molecule has 0 heterocycles. The summed E-state index contributed by atoms with van der Waals surface area (Å²) in [6, 6.07) is 11.5. The number of primary amides is 1. The number of hydrogen-bond acceptors (Lipinski definition) is 5. The van der Waals surface area contributed by atoms with E-state index in [-0.39, 0.29) is 17.7 Å². The molecule has 0 aromatic heterocycles. The average Bonchev–Trinajstić information content (AvgIpc) is 2.55.